The Morgan fingerprint density at radius 1 is 1.38 bits per heavy atom. The number of aliphatic hydroxyl groups excluding tert-OH is 2. The first-order chi connectivity index (χ1) is 6.02. The molecule has 2 unspecified atom stereocenters. The summed E-state index contributed by atoms with van der Waals surface area (Å²) in [5.74, 6) is -1.02. The SMILES string of the molecule is CC(=O)C(CO)NC(=O)C(N)CO. The number of Topliss-reactive ketones (excluding diaryl/α,β-unsaturated/α-hetero) is 1. The van der Waals surface area contributed by atoms with Crippen molar-refractivity contribution in [1.29, 1.82) is 0 Å². The lowest BCUT2D eigenvalue weighted by Crippen LogP contribution is -2.50. The van der Waals surface area contributed by atoms with E-state index in [-0.39, 0.29) is 5.78 Å². The van der Waals surface area contributed by atoms with Gasteiger partial charge in [-0.05, 0) is 6.92 Å². The van der Waals surface area contributed by atoms with Crippen LogP contribution < -0.4 is 11.1 Å². The Bertz CT molecular complexity index is 195. The van der Waals surface area contributed by atoms with Crippen LogP contribution in [-0.2, 0) is 9.59 Å². The minimum absolute atomic E-state index is 0.360. The number of amides is 1. The molecule has 1 amide bonds. The van der Waals surface area contributed by atoms with E-state index in [4.69, 9.17) is 15.9 Å². The van der Waals surface area contributed by atoms with Gasteiger partial charge in [0.15, 0.2) is 5.78 Å². The van der Waals surface area contributed by atoms with Crippen molar-refractivity contribution >= 4 is 11.7 Å². The zero-order valence-corrected chi connectivity index (χ0v) is 7.36. The highest BCUT2D eigenvalue weighted by Gasteiger charge is 2.19. The zero-order valence-electron chi connectivity index (χ0n) is 7.36. The third-order valence-electron chi connectivity index (χ3n) is 1.52. The number of aliphatic hydroxyl groups is 2. The van der Waals surface area contributed by atoms with Gasteiger partial charge in [0.05, 0.1) is 13.2 Å². The highest BCUT2D eigenvalue weighted by atomic mass is 16.3. The minimum atomic E-state index is -1.06. The summed E-state index contributed by atoms with van der Waals surface area (Å²) in [6.45, 7) is 0.271. The zero-order chi connectivity index (χ0) is 10.4. The van der Waals surface area contributed by atoms with Gasteiger partial charge in [0.1, 0.15) is 12.1 Å². The molecule has 0 spiro atoms. The monoisotopic (exact) mass is 190 g/mol. The number of nitrogens with two attached hydrogens (primary N) is 1. The average molecular weight is 190 g/mol. The molecule has 0 saturated heterocycles. The van der Waals surface area contributed by atoms with Crippen LogP contribution in [0.5, 0.6) is 0 Å². The largest absolute Gasteiger partial charge is 0.394 e. The molecule has 0 aromatic rings. The van der Waals surface area contributed by atoms with Crippen LogP contribution in [0.1, 0.15) is 6.92 Å². The summed E-state index contributed by atoms with van der Waals surface area (Å²) in [4.78, 5) is 21.7. The van der Waals surface area contributed by atoms with Crippen LogP contribution in [0.2, 0.25) is 0 Å². The molecule has 0 heterocycles. The van der Waals surface area contributed by atoms with Crippen molar-refractivity contribution in [2.45, 2.75) is 19.0 Å². The molecule has 0 aliphatic heterocycles. The molecule has 0 aromatic carbocycles. The van der Waals surface area contributed by atoms with Gasteiger partial charge in [0.2, 0.25) is 5.91 Å². The topological polar surface area (TPSA) is 113 Å². The van der Waals surface area contributed by atoms with Gasteiger partial charge in [-0.25, -0.2) is 0 Å². The lowest BCUT2D eigenvalue weighted by atomic mass is 10.2. The van der Waals surface area contributed by atoms with Gasteiger partial charge in [-0.15, -0.1) is 0 Å². The Morgan fingerprint density at radius 3 is 2.23 bits per heavy atom. The maximum absolute atomic E-state index is 11.0. The molecule has 6 heteroatoms. The fraction of sp³-hybridized carbons (Fsp3) is 0.714. The van der Waals surface area contributed by atoms with Crippen LogP contribution in [-0.4, -0.2) is 47.2 Å². The van der Waals surface area contributed by atoms with Crippen LogP contribution in [0.25, 0.3) is 0 Å². The molecule has 5 N–H and O–H groups in total. The smallest absolute Gasteiger partial charge is 0.239 e. The lowest BCUT2D eigenvalue weighted by molar-refractivity contribution is -0.129. The van der Waals surface area contributed by atoms with Crippen LogP contribution >= 0.6 is 0 Å². The van der Waals surface area contributed by atoms with Gasteiger partial charge in [-0.1, -0.05) is 0 Å². The van der Waals surface area contributed by atoms with E-state index in [0.717, 1.165) is 0 Å². The molecule has 0 aromatic heterocycles. The first-order valence-corrected chi connectivity index (χ1v) is 3.81. The second-order valence-corrected chi connectivity index (χ2v) is 2.64. The number of carbonyl (C=O) groups excluding carboxylic acids is 2. The van der Waals surface area contributed by atoms with Gasteiger partial charge < -0.3 is 21.3 Å². The van der Waals surface area contributed by atoms with Crippen molar-refractivity contribution in [3.8, 4) is 0 Å². The Labute approximate surface area is 75.7 Å². The summed E-state index contributed by atoms with van der Waals surface area (Å²) in [7, 11) is 0. The van der Waals surface area contributed by atoms with Crippen LogP contribution in [0, 0.1) is 0 Å². The number of hydrogen-bond acceptors (Lipinski definition) is 5. The molecular weight excluding hydrogens is 176 g/mol. The van der Waals surface area contributed by atoms with E-state index in [1.807, 2.05) is 0 Å². The maximum Gasteiger partial charge on any atom is 0.239 e. The molecule has 76 valence electrons. The third kappa shape index (κ3) is 3.97. The number of rotatable bonds is 5. The van der Waals surface area contributed by atoms with E-state index in [1.54, 1.807) is 0 Å². The van der Waals surface area contributed by atoms with Gasteiger partial charge in [-0.2, -0.15) is 0 Å². The lowest BCUT2D eigenvalue weighted by Gasteiger charge is -2.15. The predicted octanol–water partition coefficient (Wildman–Crippen LogP) is -2.63. The van der Waals surface area contributed by atoms with Crippen molar-refractivity contribution in [2.75, 3.05) is 13.2 Å². The van der Waals surface area contributed by atoms with E-state index >= 15 is 0 Å². The van der Waals surface area contributed by atoms with Crippen molar-refractivity contribution < 1.29 is 19.8 Å². The first kappa shape index (κ1) is 12.0. The van der Waals surface area contributed by atoms with Crippen LogP contribution in [0.3, 0.4) is 0 Å². The third-order valence-corrected chi connectivity index (χ3v) is 1.52. The van der Waals surface area contributed by atoms with Crippen molar-refractivity contribution in [3.05, 3.63) is 0 Å². The normalized spacial score (nSPS) is 14.8. The molecule has 2 atom stereocenters. The van der Waals surface area contributed by atoms with Crippen molar-refractivity contribution in [3.63, 3.8) is 0 Å². The second kappa shape index (κ2) is 5.63. The van der Waals surface area contributed by atoms with Crippen molar-refractivity contribution in [1.82, 2.24) is 5.32 Å². The summed E-state index contributed by atoms with van der Waals surface area (Å²) in [6.07, 6.45) is 0. The average Bonchev–Trinajstić information content (AvgIpc) is 2.11. The highest BCUT2D eigenvalue weighted by Crippen LogP contribution is 1.86. The Balaban J connectivity index is 4.09. The van der Waals surface area contributed by atoms with E-state index in [9.17, 15) is 9.59 Å². The summed E-state index contributed by atoms with van der Waals surface area (Å²) < 4.78 is 0. The number of ketones is 1. The standard InChI is InChI=1S/C7H14N2O4/c1-4(12)6(3-11)9-7(13)5(8)2-10/h5-6,10-11H,2-3,8H2,1H3,(H,9,13). The van der Waals surface area contributed by atoms with Gasteiger partial charge >= 0.3 is 0 Å². The Hall–Kier alpha value is -0.980. The number of hydrogen-bond donors (Lipinski definition) is 4. The Morgan fingerprint density at radius 2 is 1.92 bits per heavy atom. The van der Waals surface area contributed by atoms with E-state index in [2.05, 4.69) is 5.32 Å². The molecule has 0 rings (SSSR count). The molecule has 0 saturated carbocycles. The molecular formula is C7H14N2O4. The van der Waals surface area contributed by atoms with Crippen LogP contribution in [0.4, 0.5) is 0 Å². The fourth-order valence-corrected chi connectivity index (χ4v) is 0.638. The summed E-state index contributed by atoms with van der Waals surface area (Å²) in [5, 5.41) is 19.4. The number of carbonyl (C=O) groups is 2. The second-order valence-electron chi connectivity index (χ2n) is 2.64. The highest BCUT2D eigenvalue weighted by molar-refractivity contribution is 5.89. The summed E-state index contributed by atoms with van der Waals surface area (Å²) in [5.41, 5.74) is 5.16. The minimum Gasteiger partial charge on any atom is -0.394 e. The fourth-order valence-electron chi connectivity index (χ4n) is 0.638. The van der Waals surface area contributed by atoms with Crippen LogP contribution in [0.15, 0.2) is 0 Å². The van der Waals surface area contributed by atoms with Crippen molar-refractivity contribution in [2.24, 2.45) is 5.73 Å². The Kier molecular flexibility index (Phi) is 5.20. The molecule has 0 radical (unpaired) electrons. The molecule has 0 bridgehead atoms. The van der Waals surface area contributed by atoms with E-state index < -0.39 is 31.2 Å². The van der Waals surface area contributed by atoms with Gasteiger partial charge in [-0.3, -0.25) is 9.59 Å². The first-order valence-electron chi connectivity index (χ1n) is 3.81. The molecule has 13 heavy (non-hydrogen) atoms. The summed E-state index contributed by atoms with van der Waals surface area (Å²) in [6, 6.07) is -2.00. The van der Waals surface area contributed by atoms with Gasteiger partial charge in [0.25, 0.3) is 0 Å². The summed E-state index contributed by atoms with van der Waals surface area (Å²) >= 11 is 0. The quantitative estimate of drug-likeness (QED) is 0.379. The predicted molar refractivity (Wildman–Crippen MR) is 44.8 cm³/mol. The van der Waals surface area contributed by atoms with Gasteiger partial charge in [0, 0.05) is 0 Å². The molecule has 6 nitrogen and oxygen atoms in total. The number of nitrogens with one attached hydrogen (secondary N) is 1. The molecule has 0 fully saturated rings. The van der Waals surface area contributed by atoms with E-state index in [1.165, 1.54) is 6.92 Å². The maximum atomic E-state index is 11.0. The molecule has 0 aliphatic rings. The molecule has 0 aliphatic carbocycles. The van der Waals surface area contributed by atoms with E-state index in [0.29, 0.717) is 0 Å².